The standard InChI is InChI=1S/C11H13Cl2NS/c1-6-2-11(14)8-3-7(12)4-10(13)9(8)5-15-6/h3-4,6,11H,2,5,14H2,1H3/t6?,11-/m1/s1. The van der Waals surface area contributed by atoms with Crippen molar-refractivity contribution in [2.75, 3.05) is 0 Å². The van der Waals surface area contributed by atoms with Crippen molar-refractivity contribution in [3.8, 4) is 0 Å². The van der Waals surface area contributed by atoms with Crippen LogP contribution in [0.5, 0.6) is 0 Å². The van der Waals surface area contributed by atoms with Gasteiger partial charge in [-0.05, 0) is 29.7 Å². The summed E-state index contributed by atoms with van der Waals surface area (Å²) >= 11 is 14.1. The van der Waals surface area contributed by atoms with Gasteiger partial charge in [0.25, 0.3) is 0 Å². The highest BCUT2D eigenvalue weighted by Crippen LogP contribution is 2.38. The Balaban J connectivity index is 2.48. The molecule has 0 amide bonds. The van der Waals surface area contributed by atoms with Crippen LogP contribution >= 0.6 is 35.0 Å². The second kappa shape index (κ2) is 4.54. The second-order valence-corrected chi connectivity index (χ2v) is 6.19. The number of nitrogens with two attached hydrogens (primary N) is 1. The molecule has 0 fully saturated rings. The van der Waals surface area contributed by atoms with Crippen molar-refractivity contribution in [1.82, 2.24) is 0 Å². The van der Waals surface area contributed by atoms with E-state index in [9.17, 15) is 0 Å². The lowest BCUT2D eigenvalue weighted by Gasteiger charge is -2.14. The highest BCUT2D eigenvalue weighted by molar-refractivity contribution is 7.99. The Labute approximate surface area is 104 Å². The number of hydrogen-bond acceptors (Lipinski definition) is 2. The molecule has 1 nitrogen and oxygen atoms in total. The van der Waals surface area contributed by atoms with Crippen LogP contribution in [0.15, 0.2) is 12.1 Å². The molecule has 0 aliphatic carbocycles. The maximum Gasteiger partial charge on any atom is 0.0464 e. The zero-order chi connectivity index (χ0) is 11.0. The third-order valence-corrected chi connectivity index (χ3v) is 4.46. The highest BCUT2D eigenvalue weighted by atomic mass is 35.5. The Morgan fingerprint density at radius 1 is 1.40 bits per heavy atom. The summed E-state index contributed by atoms with van der Waals surface area (Å²) in [6, 6.07) is 3.80. The Bertz CT molecular complexity index is 381. The van der Waals surface area contributed by atoms with E-state index in [1.54, 1.807) is 6.07 Å². The van der Waals surface area contributed by atoms with Crippen LogP contribution in [0.4, 0.5) is 0 Å². The van der Waals surface area contributed by atoms with Crippen LogP contribution in [0, 0.1) is 0 Å². The number of halogens is 2. The molecule has 1 heterocycles. The fourth-order valence-electron chi connectivity index (χ4n) is 1.88. The third kappa shape index (κ3) is 2.44. The van der Waals surface area contributed by atoms with Gasteiger partial charge in [0, 0.05) is 27.1 Å². The molecular formula is C11H13Cl2NS. The Kier molecular flexibility index (Phi) is 3.51. The lowest BCUT2D eigenvalue weighted by molar-refractivity contribution is 0.651. The molecule has 82 valence electrons. The lowest BCUT2D eigenvalue weighted by Crippen LogP contribution is -2.14. The topological polar surface area (TPSA) is 26.0 Å². The van der Waals surface area contributed by atoms with Crippen molar-refractivity contribution in [2.45, 2.75) is 30.4 Å². The molecule has 1 aliphatic rings. The molecule has 0 bridgehead atoms. The zero-order valence-electron chi connectivity index (χ0n) is 8.47. The van der Waals surface area contributed by atoms with Gasteiger partial charge < -0.3 is 5.73 Å². The summed E-state index contributed by atoms with van der Waals surface area (Å²) in [6.45, 7) is 2.20. The fourth-order valence-corrected chi connectivity index (χ4v) is 3.66. The van der Waals surface area contributed by atoms with Gasteiger partial charge in [0.15, 0.2) is 0 Å². The van der Waals surface area contributed by atoms with Crippen LogP contribution < -0.4 is 5.73 Å². The third-order valence-electron chi connectivity index (χ3n) is 2.69. The summed E-state index contributed by atoms with van der Waals surface area (Å²) in [6.07, 6.45) is 0.980. The van der Waals surface area contributed by atoms with Crippen molar-refractivity contribution in [3.05, 3.63) is 33.3 Å². The van der Waals surface area contributed by atoms with E-state index in [1.807, 2.05) is 17.8 Å². The van der Waals surface area contributed by atoms with E-state index in [4.69, 9.17) is 28.9 Å². The minimum absolute atomic E-state index is 0.0567. The first-order chi connectivity index (χ1) is 7.08. The van der Waals surface area contributed by atoms with Gasteiger partial charge in [-0.2, -0.15) is 11.8 Å². The van der Waals surface area contributed by atoms with Crippen molar-refractivity contribution >= 4 is 35.0 Å². The van der Waals surface area contributed by atoms with Crippen molar-refractivity contribution in [3.63, 3.8) is 0 Å². The van der Waals surface area contributed by atoms with Crippen LogP contribution in [0.25, 0.3) is 0 Å². The first-order valence-electron chi connectivity index (χ1n) is 4.93. The van der Waals surface area contributed by atoms with Gasteiger partial charge in [0.2, 0.25) is 0 Å². The zero-order valence-corrected chi connectivity index (χ0v) is 10.8. The summed E-state index contributed by atoms with van der Waals surface area (Å²) in [5.74, 6) is 0.931. The van der Waals surface area contributed by atoms with E-state index in [-0.39, 0.29) is 6.04 Å². The Morgan fingerprint density at radius 3 is 2.87 bits per heavy atom. The SMILES string of the molecule is CC1C[C@@H](N)c2cc(Cl)cc(Cl)c2CS1. The van der Waals surface area contributed by atoms with Crippen molar-refractivity contribution in [1.29, 1.82) is 0 Å². The first kappa shape index (κ1) is 11.6. The lowest BCUT2D eigenvalue weighted by atomic mass is 9.98. The number of thioether (sulfide) groups is 1. The van der Waals surface area contributed by atoms with Gasteiger partial charge in [0.05, 0.1) is 0 Å². The number of hydrogen-bond donors (Lipinski definition) is 1. The molecule has 2 atom stereocenters. The fraction of sp³-hybridized carbons (Fsp3) is 0.455. The highest BCUT2D eigenvalue weighted by Gasteiger charge is 2.22. The maximum absolute atomic E-state index is 6.18. The largest absolute Gasteiger partial charge is 0.324 e. The monoisotopic (exact) mass is 261 g/mol. The quantitative estimate of drug-likeness (QED) is 0.764. The van der Waals surface area contributed by atoms with Crippen LogP contribution in [-0.4, -0.2) is 5.25 Å². The molecule has 2 rings (SSSR count). The molecule has 0 spiro atoms. The van der Waals surface area contributed by atoms with E-state index in [0.29, 0.717) is 10.3 Å². The molecule has 2 N–H and O–H groups in total. The van der Waals surface area contributed by atoms with E-state index < -0.39 is 0 Å². The summed E-state index contributed by atoms with van der Waals surface area (Å²) in [4.78, 5) is 0. The predicted molar refractivity (Wildman–Crippen MR) is 68.8 cm³/mol. The van der Waals surface area contributed by atoms with Crippen LogP contribution in [0.2, 0.25) is 10.0 Å². The van der Waals surface area contributed by atoms with Gasteiger partial charge in [-0.15, -0.1) is 0 Å². The van der Waals surface area contributed by atoms with E-state index in [0.717, 1.165) is 28.3 Å². The average molecular weight is 262 g/mol. The van der Waals surface area contributed by atoms with Crippen LogP contribution in [0.1, 0.15) is 30.5 Å². The molecule has 0 aromatic heterocycles. The van der Waals surface area contributed by atoms with E-state index in [2.05, 4.69) is 6.92 Å². The number of rotatable bonds is 0. The molecule has 1 aliphatic heterocycles. The Morgan fingerprint density at radius 2 is 2.13 bits per heavy atom. The predicted octanol–water partition coefficient (Wildman–Crippen LogP) is 4.02. The Hall–Kier alpha value is 0.110. The van der Waals surface area contributed by atoms with Gasteiger partial charge in [-0.3, -0.25) is 0 Å². The minimum Gasteiger partial charge on any atom is -0.324 e. The molecule has 1 unspecified atom stereocenters. The molecule has 0 radical (unpaired) electrons. The summed E-state index contributed by atoms with van der Waals surface area (Å²) in [7, 11) is 0. The van der Waals surface area contributed by atoms with Crippen LogP contribution in [-0.2, 0) is 5.75 Å². The number of benzene rings is 1. The van der Waals surface area contributed by atoms with Gasteiger partial charge in [0.1, 0.15) is 0 Å². The van der Waals surface area contributed by atoms with Gasteiger partial charge >= 0.3 is 0 Å². The first-order valence-corrected chi connectivity index (χ1v) is 6.73. The van der Waals surface area contributed by atoms with Crippen LogP contribution in [0.3, 0.4) is 0 Å². The normalized spacial score (nSPS) is 25.9. The van der Waals surface area contributed by atoms with E-state index >= 15 is 0 Å². The molecule has 0 saturated heterocycles. The molecule has 1 aromatic rings. The van der Waals surface area contributed by atoms with Crippen molar-refractivity contribution < 1.29 is 0 Å². The maximum atomic E-state index is 6.18. The molecule has 1 aromatic carbocycles. The molecule has 4 heteroatoms. The summed E-state index contributed by atoms with van der Waals surface area (Å²) < 4.78 is 0. The van der Waals surface area contributed by atoms with E-state index in [1.165, 1.54) is 0 Å². The summed E-state index contributed by atoms with van der Waals surface area (Å²) in [5, 5.41) is 1.99. The van der Waals surface area contributed by atoms with Crippen molar-refractivity contribution in [2.24, 2.45) is 5.73 Å². The molecule has 0 saturated carbocycles. The smallest absolute Gasteiger partial charge is 0.0464 e. The average Bonchev–Trinajstić information content (AvgIpc) is 2.27. The summed E-state index contributed by atoms with van der Waals surface area (Å²) in [5.41, 5.74) is 8.41. The molecular weight excluding hydrogens is 249 g/mol. The molecule has 15 heavy (non-hydrogen) atoms. The van der Waals surface area contributed by atoms with Gasteiger partial charge in [-0.25, -0.2) is 0 Å². The number of fused-ring (bicyclic) bond motifs is 1. The second-order valence-electron chi connectivity index (χ2n) is 3.92. The minimum atomic E-state index is 0.0567. The van der Waals surface area contributed by atoms with Gasteiger partial charge in [-0.1, -0.05) is 30.1 Å².